The van der Waals surface area contributed by atoms with Crippen molar-refractivity contribution in [2.24, 2.45) is 0 Å². The van der Waals surface area contributed by atoms with Gasteiger partial charge in [0.25, 0.3) is 0 Å². The lowest BCUT2D eigenvalue weighted by molar-refractivity contribution is 0.420. The molecular weight excluding hydrogens is 220 g/mol. The maximum absolute atomic E-state index is 5.68. The van der Waals surface area contributed by atoms with Crippen LogP contribution in [-0.2, 0) is 0 Å². The maximum atomic E-state index is 5.68. The molecule has 18 heavy (non-hydrogen) atoms. The van der Waals surface area contributed by atoms with Gasteiger partial charge in [0.2, 0.25) is 0 Å². The molecule has 2 nitrogen and oxygen atoms in total. The summed E-state index contributed by atoms with van der Waals surface area (Å²) in [6, 6.07) is 10.8. The third-order valence-corrected chi connectivity index (χ3v) is 3.93. The fourth-order valence-electron chi connectivity index (χ4n) is 2.56. The third-order valence-electron chi connectivity index (χ3n) is 3.93. The highest BCUT2D eigenvalue weighted by atomic mass is 14.8. The van der Waals surface area contributed by atoms with Crippen LogP contribution >= 0.6 is 0 Å². The molecule has 1 saturated carbocycles. The van der Waals surface area contributed by atoms with E-state index in [2.05, 4.69) is 36.2 Å². The van der Waals surface area contributed by atoms with Crippen LogP contribution in [0.2, 0.25) is 0 Å². The van der Waals surface area contributed by atoms with E-state index in [-0.39, 0.29) is 0 Å². The van der Waals surface area contributed by atoms with Gasteiger partial charge in [-0.1, -0.05) is 30.7 Å². The minimum atomic E-state index is 0.585. The quantitative estimate of drug-likeness (QED) is 0.861. The Morgan fingerprint density at radius 1 is 1.17 bits per heavy atom. The lowest BCUT2D eigenvalue weighted by Gasteiger charge is -2.25. The van der Waals surface area contributed by atoms with Gasteiger partial charge in [0, 0.05) is 11.8 Å². The second-order valence-electron chi connectivity index (χ2n) is 5.17. The van der Waals surface area contributed by atoms with E-state index in [1.165, 1.54) is 41.5 Å². The molecule has 1 aliphatic rings. The van der Waals surface area contributed by atoms with Crippen molar-refractivity contribution in [2.75, 3.05) is 5.73 Å². The van der Waals surface area contributed by atoms with Crippen molar-refractivity contribution >= 4 is 5.82 Å². The Morgan fingerprint density at radius 2 is 1.89 bits per heavy atom. The number of hydrogen-bond acceptors (Lipinski definition) is 2. The standard InChI is InChI=1S/C16H18N2/c1-11-9-16(17)18-10-15(11)14-7-5-13(6-8-14)12-3-2-4-12/h5-10,12H,2-4H2,1H3,(H2,17,18). The van der Waals surface area contributed by atoms with Crippen LogP contribution in [0.3, 0.4) is 0 Å². The summed E-state index contributed by atoms with van der Waals surface area (Å²) < 4.78 is 0. The summed E-state index contributed by atoms with van der Waals surface area (Å²) in [6.45, 7) is 2.08. The molecule has 0 aliphatic heterocycles. The topological polar surface area (TPSA) is 38.9 Å². The molecule has 1 heterocycles. The average Bonchev–Trinajstić information content (AvgIpc) is 2.28. The molecule has 2 aromatic rings. The van der Waals surface area contributed by atoms with Crippen molar-refractivity contribution in [3.05, 3.63) is 47.7 Å². The van der Waals surface area contributed by atoms with Crippen molar-refractivity contribution in [3.8, 4) is 11.1 Å². The van der Waals surface area contributed by atoms with Gasteiger partial charge in [-0.25, -0.2) is 4.98 Å². The van der Waals surface area contributed by atoms with Crippen molar-refractivity contribution in [1.29, 1.82) is 0 Å². The van der Waals surface area contributed by atoms with Crippen LogP contribution in [0.5, 0.6) is 0 Å². The Morgan fingerprint density at radius 3 is 2.44 bits per heavy atom. The Balaban J connectivity index is 1.91. The molecule has 0 bridgehead atoms. The zero-order valence-corrected chi connectivity index (χ0v) is 10.7. The SMILES string of the molecule is Cc1cc(N)ncc1-c1ccc(C2CCC2)cc1. The highest BCUT2D eigenvalue weighted by Crippen LogP contribution is 2.37. The summed E-state index contributed by atoms with van der Waals surface area (Å²) in [5.41, 5.74) is 10.7. The van der Waals surface area contributed by atoms with Crippen LogP contribution in [0.4, 0.5) is 5.82 Å². The molecule has 0 unspecified atom stereocenters. The predicted octanol–water partition coefficient (Wildman–Crippen LogP) is 3.91. The summed E-state index contributed by atoms with van der Waals surface area (Å²) in [6.07, 6.45) is 5.94. The molecule has 1 aromatic carbocycles. The first-order chi connectivity index (χ1) is 8.74. The van der Waals surface area contributed by atoms with Crippen LogP contribution in [0.15, 0.2) is 36.5 Å². The number of pyridine rings is 1. The molecule has 2 heteroatoms. The molecule has 0 saturated heterocycles. The number of nitrogens with two attached hydrogens (primary N) is 1. The second kappa shape index (κ2) is 4.45. The monoisotopic (exact) mass is 238 g/mol. The van der Waals surface area contributed by atoms with E-state index in [4.69, 9.17) is 5.73 Å². The van der Waals surface area contributed by atoms with Gasteiger partial charge < -0.3 is 5.73 Å². The molecule has 0 amide bonds. The van der Waals surface area contributed by atoms with Gasteiger partial charge in [-0.05, 0) is 48.4 Å². The first-order valence-corrected chi connectivity index (χ1v) is 6.56. The molecule has 0 radical (unpaired) electrons. The fourth-order valence-corrected chi connectivity index (χ4v) is 2.56. The van der Waals surface area contributed by atoms with Crippen LogP contribution < -0.4 is 5.73 Å². The number of nitrogens with zero attached hydrogens (tertiary/aromatic N) is 1. The zero-order chi connectivity index (χ0) is 12.5. The van der Waals surface area contributed by atoms with E-state index < -0.39 is 0 Å². The normalized spacial score (nSPS) is 15.4. The van der Waals surface area contributed by atoms with Crippen LogP contribution in [-0.4, -0.2) is 4.98 Å². The second-order valence-corrected chi connectivity index (χ2v) is 5.17. The van der Waals surface area contributed by atoms with E-state index in [9.17, 15) is 0 Å². The largest absolute Gasteiger partial charge is 0.384 e. The van der Waals surface area contributed by atoms with E-state index >= 15 is 0 Å². The number of aromatic nitrogens is 1. The number of benzene rings is 1. The first kappa shape index (κ1) is 11.3. The smallest absolute Gasteiger partial charge is 0.123 e. The van der Waals surface area contributed by atoms with Crippen LogP contribution in [0.1, 0.15) is 36.3 Å². The molecule has 3 rings (SSSR count). The van der Waals surface area contributed by atoms with E-state index in [0.29, 0.717) is 5.82 Å². The summed E-state index contributed by atoms with van der Waals surface area (Å²) in [4.78, 5) is 4.18. The third kappa shape index (κ3) is 1.99. The molecular formula is C16H18N2. The zero-order valence-electron chi connectivity index (χ0n) is 10.7. The average molecular weight is 238 g/mol. The Kier molecular flexibility index (Phi) is 2.78. The van der Waals surface area contributed by atoms with Crippen molar-refractivity contribution in [1.82, 2.24) is 4.98 Å². The van der Waals surface area contributed by atoms with E-state index in [0.717, 1.165) is 5.92 Å². The van der Waals surface area contributed by atoms with Gasteiger partial charge in [0.1, 0.15) is 5.82 Å². The molecule has 1 fully saturated rings. The van der Waals surface area contributed by atoms with Crippen molar-refractivity contribution in [3.63, 3.8) is 0 Å². The number of anilines is 1. The number of nitrogen functional groups attached to an aromatic ring is 1. The van der Waals surface area contributed by atoms with E-state index in [1.54, 1.807) is 0 Å². The highest BCUT2D eigenvalue weighted by Gasteiger charge is 2.19. The van der Waals surface area contributed by atoms with Gasteiger partial charge in [-0.3, -0.25) is 0 Å². The number of rotatable bonds is 2. The van der Waals surface area contributed by atoms with Crippen molar-refractivity contribution < 1.29 is 0 Å². The maximum Gasteiger partial charge on any atom is 0.123 e. The Labute approximate surface area is 108 Å². The lowest BCUT2D eigenvalue weighted by Crippen LogP contribution is -2.08. The van der Waals surface area contributed by atoms with Gasteiger partial charge in [-0.2, -0.15) is 0 Å². The molecule has 0 spiro atoms. The molecule has 0 atom stereocenters. The Bertz CT molecular complexity index is 554. The fraction of sp³-hybridized carbons (Fsp3) is 0.312. The summed E-state index contributed by atoms with van der Waals surface area (Å²) in [7, 11) is 0. The van der Waals surface area contributed by atoms with Gasteiger partial charge in [0.05, 0.1) is 0 Å². The van der Waals surface area contributed by atoms with Crippen LogP contribution in [0.25, 0.3) is 11.1 Å². The summed E-state index contributed by atoms with van der Waals surface area (Å²) in [5.74, 6) is 1.38. The minimum Gasteiger partial charge on any atom is -0.384 e. The molecule has 92 valence electrons. The van der Waals surface area contributed by atoms with Crippen molar-refractivity contribution in [2.45, 2.75) is 32.1 Å². The molecule has 1 aromatic heterocycles. The molecule has 2 N–H and O–H groups in total. The Hall–Kier alpha value is -1.83. The lowest BCUT2D eigenvalue weighted by atomic mass is 9.80. The number of aryl methyl sites for hydroxylation is 1. The number of hydrogen-bond donors (Lipinski definition) is 1. The van der Waals surface area contributed by atoms with Crippen LogP contribution in [0, 0.1) is 6.92 Å². The van der Waals surface area contributed by atoms with Gasteiger partial charge in [-0.15, -0.1) is 0 Å². The summed E-state index contributed by atoms with van der Waals surface area (Å²) >= 11 is 0. The molecule has 1 aliphatic carbocycles. The van der Waals surface area contributed by atoms with Gasteiger partial charge in [0.15, 0.2) is 0 Å². The predicted molar refractivity (Wildman–Crippen MR) is 75.4 cm³/mol. The minimum absolute atomic E-state index is 0.585. The van der Waals surface area contributed by atoms with Gasteiger partial charge >= 0.3 is 0 Å². The van der Waals surface area contributed by atoms with E-state index in [1.807, 2.05) is 12.3 Å². The highest BCUT2D eigenvalue weighted by molar-refractivity contribution is 5.67. The summed E-state index contributed by atoms with van der Waals surface area (Å²) in [5, 5.41) is 0. The first-order valence-electron chi connectivity index (χ1n) is 6.56.